The average Bonchev–Trinajstić information content (AvgIpc) is 2.89. The Labute approximate surface area is 201 Å². The second kappa shape index (κ2) is 10.8. The van der Waals surface area contributed by atoms with E-state index in [2.05, 4.69) is 15.8 Å². The van der Waals surface area contributed by atoms with Gasteiger partial charge in [-0.25, -0.2) is 10.2 Å². The molecule has 0 unspecified atom stereocenters. The number of amides is 2. The van der Waals surface area contributed by atoms with Crippen molar-refractivity contribution in [2.75, 3.05) is 12.4 Å². The molecule has 2 amide bonds. The lowest BCUT2D eigenvalue weighted by Gasteiger charge is -2.08. The topological polar surface area (TPSA) is 106 Å². The van der Waals surface area contributed by atoms with E-state index in [1.54, 1.807) is 54.6 Å². The van der Waals surface area contributed by atoms with Crippen molar-refractivity contribution < 1.29 is 23.9 Å². The molecule has 0 spiro atoms. The summed E-state index contributed by atoms with van der Waals surface area (Å²) in [6.45, 7) is 0. The van der Waals surface area contributed by atoms with Gasteiger partial charge in [0.1, 0.15) is 11.5 Å². The number of esters is 1. The highest BCUT2D eigenvalue weighted by molar-refractivity contribution is 6.39. The highest BCUT2D eigenvalue weighted by Gasteiger charge is 2.15. The summed E-state index contributed by atoms with van der Waals surface area (Å²) in [6.07, 6.45) is 1.37. The van der Waals surface area contributed by atoms with Crippen molar-refractivity contribution in [1.29, 1.82) is 0 Å². The number of carbonyl (C=O) groups excluding carboxylic acids is 3. The van der Waals surface area contributed by atoms with Gasteiger partial charge in [0.2, 0.25) is 0 Å². The molecule has 35 heavy (non-hydrogen) atoms. The fourth-order valence-electron chi connectivity index (χ4n) is 3.33. The van der Waals surface area contributed by atoms with Gasteiger partial charge in [-0.1, -0.05) is 48.5 Å². The zero-order valence-electron chi connectivity index (χ0n) is 18.7. The minimum atomic E-state index is -0.937. The van der Waals surface area contributed by atoms with Crippen molar-refractivity contribution >= 4 is 40.5 Å². The molecule has 8 nitrogen and oxygen atoms in total. The molecule has 0 aliphatic carbocycles. The third-order valence-electron chi connectivity index (χ3n) is 5.04. The van der Waals surface area contributed by atoms with Gasteiger partial charge in [-0.2, -0.15) is 5.10 Å². The predicted octanol–water partition coefficient (Wildman–Crippen LogP) is 4.16. The van der Waals surface area contributed by atoms with Crippen molar-refractivity contribution in [3.63, 3.8) is 0 Å². The highest BCUT2D eigenvalue weighted by Crippen LogP contribution is 2.23. The Bertz CT molecular complexity index is 1410. The SMILES string of the molecule is COc1ccccc1NC(=O)C(=O)N/N=C/c1ccc(OC(=O)c2cccc3ccccc23)cc1. The van der Waals surface area contributed by atoms with E-state index in [0.717, 1.165) is 10.8 Å². The number of para-hydroxylation sites is 2. The Balaban J connectivity index is 1.33. The van der Waals surface area contributed by atoms with E-state index < -0.39 is 17.8 Å². The highest BCUT2D eigenvalue weighted by atomic mass is 16.5. The van der Waals surface area contributed by atoms with Gasteiger partial charge in [-0.15, -0.1) is 0 Å². The first-order chi connectivity index (χ1) is 17.0. The summed E-state index contributed by atoms with van der Waals surface area (Å²) in [5, 5.41) is 8.02. The van der Waals surface area contributed by atoms with Crippen LogP contribution in [0, 0.1) is 0 Å². The van der Waals surface area contributed by atoms with Crippen LogP contribution in [0.15, 0.2) is 96.1 Å². The van der Waals surface area contributed by atoms with Crippen LogP contribution in [-0.4, -0.2) is 31.1 Å². The van der Waals surface area contributed by atoms with E-state index in [-0.39, 0.29) is 0 Å². The molecule has 4 aromatic carbocycles. The molecule has 0 fully saturated rings. The maximum atomic E-state index is 12.7. The predicted molar refractivity (Wildman–Crippen MR) is 133 cm³/mol. The maximum Gasteiger partial charge on any atom is 0.344 e. The molecular formula is C27H21N3O5. The Kier molecular flexibility index (Phi) is 7.13. The minimum absolute atomic E-state index is 0.361. The van der Waals surface area contributed by atoms with Crippen LogP contribution in [0.3, 0.4) is 0 Å². The minimum Gasteiger partial charge on any atom is -0.495 e. The van der Waals surface area contributed by atoms with E-state index in [0.29, 0.717) is 28.3 Å². The summed E-state index contributed by atoms with van der Waals surface area (Å²) in [5.74, 6) is -1.50. The van der Waals surface area contributed by atoms with Crippen molar-refractivity contribution in [2.45, 2.75) is 0 Å². The lowest BCUT2D eigenvalue weighted by molar-refractivity contribution is -0.136. The van der Waals surface area contributed by atoms with Gasteiger partial charge in [0.05, 0.1) is 24.6 Å². The Morgan fingerprint density at radius 2 is 1.51 bits per heavy atom. The standard InChI is InChI=1S/C27H21N3O5/c1-34-24-12-5-4-11-23(24)29-25(31)26(32)30-28-17-18-13-15-20(16-14-18)35-27(33)22-10-6-8-19-7-2-3-9-21(19)22/h2-17H,1H3,(H,29,31)(H,30,32)/b28-17+. The molecule has 4 aromatic rings. The third-order valence-corrected chi connectivity index (χ3v) is 5.04. The zero-order chi connectivity index (χ0) is 24.6. The number of nitrogens with one attached hydrogen (secondary N) is 2. The van der Waals surface area contributed by atoms with E-state index in [4.69, 9.17) is 9.47 Å². The number of rotatable bonds is 6. The van der Waals surface area contributed by atoms with E-state index >= 15 is 0 Å². The molecular weight excluding hydrogens is 446 g/mol. The van der Waals surface area contributed by atoms with E-state index in [1.807, 2.05) is 36.4 Å². The van der Waals surface area contributed by atoms with Gasteiger partial charge in [0, 0.05) is 0 Å². The molecule has 2 N–H and O–H groups in total. The normalized spacial score (nSPS) is 10.7. The molecule has 0 bridgehead atoms. The van der Waals surface area contributed by atoms with Gasteiger partial charge >= 0.3 is 17.8 Å². The number of fused-ring (bicyclic) bond motifs is 1. The van der Waals surface area contributed by atoms with Crippen LogP contribution in [0.5, 0.6) is 11.5 Å². The van der Waals surface area contributed by atoms with Crippen molar-refractivity contribution in [1.82, 2.24) is 5.43 Å². The fourth-order valence-corrected chi connectivity index (χ4v) is 3.33. The Morgan fingerprint density at radius 3 is 2.31 bits per heavy atom. The lowest BCUT2D eigenvalue weighted by Crippen LogP contribution is -2.32. The summed E-state index contributed by atoms with van der Waals surface area (Å²) in [7, 11) is 1.46. The first-order valence-electron chi connectivity index (χ1n) is 10.6. The van der Waals surface area contributed by atoms with Crippen LogP contribution in [-0.2, 0) is 9.59 Å². The van der Waals surface area contributed by atoms with Gasteiger partial charge in [-0.05, 0) is 58.8 Å². The average molecular weight is 467 g/mol. The van der Waals surface area contributed by atoms with Gasteiger partial charge in [-0.3, -0.25) is 9.59 Å². The summed E-state index contributed by atoms with van der Waals surface area (Å²) in [4.78, 5) is 36.7. The zero-order valence-corrected chi connectivity index (χ0v) is 18.7. The lowest BCUT2D eigenvalue weighted by atomic mass is 10.0. The molecule has 0 radical (unpaired) electrons. The number of hydrogen-bond acceptors (Lipinski definition) is 6. The number of hydrazone groups is 1. The Morgan fingerprint density at radius 1 is 0.800 bits per heavy atom. The summed E-state index contributed by atoms with van der Waals surface area (Å²) in [6, 6.07) is 26.3. The molecule has 0 aromatic heterocycles. The van der Waals surface area contributed by atoms with Crippen LogP contribution >= 0.6 is 0 Å². The van der Waals surface area contributed by atoms with Crippen molar-refractivity contribution in [3.05, 3.63) is 102 Å². The summed E-state index contributed by atoms with van der Waals surface area (Å²) < 4.78 is 10.6. The molecule has 8 heteroatoms. The number of benzene rings is 4. The number of ether oxygens (including phenoxy) is 2. The first-order valence-corrected chi connectivity index (χ1v) is 10.6. The first kappa shape index (κ1) is 23.2. The Hall–Kier alpha value is -4.98. The largest absolute Gasteiger partial charge is 0.495 e. The smallest absolute Gasteiger partial charge is 0.344 e. The second-order valence-electron chi connectivity index (χ2n) is 7.34. The van der Waals surface area contributed by atoms with Crippen LogP contribution in [0.4, 0.5) is 5.69 Å². The second-order valence-corrected chi connectivity index (χ2v) is 7.34. The summed E-state index contributed by atoms with van der Waals surface area (Å²) in [5.41, 5.74) is 3.63. The van der Waals surface area contributed by atoms with E-state index in [9.17, 15) is 14.4 Å². The number of carbonyl (C=O) groups is 3. The molecule has 0 aliphatic heterocycles. The number of nitrogens with zero attached hydrogens (tertiary/aromatic N) is 1. The maximum absolute atomic E-state index is 12.7. The van der Waals surface area contributed by atoms with Gasteiger partial charge < -0.3 is 14.8 Å². The molecule has 0 heterocycles. The van der Waals surface area contributed by atoms with Gasteiger partial charge in [0.25, 0.3) is 0 Å². The number of methoxy groups -OCH3 is 1. The molecule has 4 rings (SSSR count). The fraction of sp³-hybridized carbons (Fsp3) is 0.0370. The number of anilines is 1. The molecule has 0 saturated heterocycles. The van der Waals surface area contributed by atoms with Gasteiger partial charge in [0.15, 0.2) is 0 Å². The monoisotopic (exact) mass is 467 g/mol. The number of hydrogen-bond donors (Lipinski definition) is 2. The molecule has 0 saturated carbocycles. The van der Waals surface area contributed by atoms with Crippen LogP contribution in [0.1, 0.15) is 15.9 Å². The van der Waals surface area contributed by atoms with Crippen molar-refractivity contribution in [3.8, 4) is 11.5 Å². The molecule has 0 aliphatic rings. The molecule has 174 valence electrons. The van der Waals surface area contributed by atoms with Crippen molar-refractivity contribution in [2.24, 2.45) is 5.10 Å². The quantitative estimate of drug-likeness (QED) is 0.146. The van der Waals surface area contributed by atoms with Crippen LogP contribution in [0.25, 0.3) is 10.8 Å². The summed E-state index contributed by atoms with van der Waals surface area (Å²) >= 11 is 0. The van der Waals surface area contributed by atoms with Crippen LogP contribution in [0.2, 0.25) is 0 Å². The third kappa shape index (κ3) is 5.69. The van der Waals surface area contributed by atoms with E-state index in [1.165, 1.54) is 13.3 Å². The van der Waals surface area contributed by atoms with Crippen LogP contribution < -0.4 is 20.2 Å². The molecule has 0 atom stereocenters.